The molecule has 4 N–H and O–H groups in total. The molecule has 0 aliphatic rings. The van der Waals surface area contributed by atoms with E-state index in [0.29, 0.717) is 0 Å². The number of halogens is 1. The zero-order valence-electron chi connectivity index (χ0n) is 5.33. The average Bonchev–Trinajstić information content (AvgIpc) is 1.82. The fourth-order valence-electron chi connectivity index (χ4n) is 0.431. The topological polar surface area (TPSA) is 83.5 Å². The van der Waals surface area contributed by atoms with Gasteiger partial charge in [-0.3, -0.25) is 10.5 Å². The van der Waals surface area contributed by atoms with Crippen molar-refractivity contribution in [3.63, 3.8) is 0 Å². The Morgan fingerprint density at radius 1 is 1.70 bits per heavy atom. The third-order valence-corrected chi connectivity index (χ3v) is 1.02. The van der Waals surface area contributed by atoms with Crippen LogP contribution in [-0.4, -0.2) is 28.6 Å². The molecule has 10 heavy (non-hydrogen) atoms. The molecule has 0 aromatic carbocycles. The number of aliphatic carboxylic acids is 1. The highest BCUT2D eigenvalue weighted by atomic mass is 19.1. The van der Waals surface area contributed by atoms with Gasteiger partial charge >= 0.3 is 5.97 Å². The van der Waals surface area contributed by atoms with Crippen molar-refractivity contribution in [2.45, 2.75) is 25.2 Å². The molecule has 2 atom stereocenters. The number of carboxylic acids is 1. The van der Waals surface area contributed by atoms with Crippen LogP contribution >= 0.6 is 0 Å². The van der Waals surface area contributed by atoms with Gasteiger partial charge in [-0.05, 0) is 6.42 Å². The smallest absolute Gasteiger partial charge is 0.303 e. The summed E-state index contributed by atoms with van der Waals surface area (Å²) in [5.74, 6) is -1.07. The molecular formula is C5H10FNO3. The Labute approximate surface area is 57.5 Å². The molecule has 5 heteroatoms. The number of carbonyl (C=O) groups is 1. The number of aliphatic hydroxyl groups excluding tert-OH is 1. The van der Waals surface area contributed by atoms with Gasteiger partial charge in [0.25, 0.3) is 0 Å². The first-order valence-electron chi connectivity index (χ1n) is 2.83. The van der Waals surface area contributed by atoms with E-state index in [-0.39, 0.29) is 12.8 Å². The molecule has 60 valence electrons. The molecule has 0 saturated heterocycles. The summed E-state index contributed by atoms with van der Waals surface area (Å²) < 4.78 is 11.9. The van der Waals surface area contributed by atoms with Gasteiger partial charge in [0.05, 0.1) is 6.10 Å². The molecule has 0 amide bonds. The van der Waals surface area contributed by atoms with Gasteiger partial charge in [-0.1, -0.05) is 0 Å². The zero-order valence-corrected chi connectivity index (χ0v) is 5.33. The van der Waals surface area contributed by atoms with Crippen LogP contribution in [0.2, 0.25) is 0 Å². The van der Waals surface area contributed by atoms with Crippen LogP contribution < -0.4 is 5.73 Å². The van der Waals surface area contributed by atoms with Crippen LogP contribution in [0.15, 0.2) is 0 Å². The van der Waals surface area contributed by atoms with Crippen LogP contribution in [-0.2, 0) is 4.79 Å². The fourth-order valence-corrected chi connectivity index (χ4v) is 0.431. The largest absolute Gasteiger partial charge is 0.481 e. The van der Waals surface area contributed by atoms with E-state index in [9.17, 15) is 9.18 Å². The number of hydrogen-bond acceptors (Lipinski definition) is 3. The summed E-state index contributed by atoms with van der Waals surface area (Å²) in [6.07, 6.45) is -3.62. The van der Waals surface area contributed by atoms with Crippen molar-refractivity contribution in [3.05, 3.63) is 0 Å². The molecule has 2 unspecified atom stereocenters. The summed E-state index contributed by atoms with van der Waals surface area (Å²) in [7, 11) is 0. The Morgan fingerprint density at radius 2 is 2.20 bits per heavy atom. The fraction of sp³-hybridized carbons (Fsp3) is 0.800. The lowest BCUT2D eigenvalue weighted by Crippen LogP contribution is -2.30. The SMILES string of the molecule is NC(F)C(O)CCC(=O)O. The van der Waals surface area contributed by atoms with E-state index < -0.39 is 18.4 Å². The van der Waals surface area contributed by atoms with Crippen molar-refractivity contribution in [3.8, 4) is 0 Å². The number of aliphatic hydroxyl groups is 1. The van der Waals surface area contributed by atoms with Gasteiger partial charge < -0.3 is 10.2 Å². The summed E-state index contributed by atoms with van der Waals surface area (Å²) in [6.45, 7) is 0. The first-order valence-corrected chi connectivity index (χ1v) is 2.83. The van der Waals surface area contributed by atoms with Crippen LogP contribution in [0.1, 0.15) is 12.8 Å². The van der Waals surface area contributed by atoms with E-state index in [1.165, 1.54) is 0 Å². The number of carboxylic acid groups (broad SMARTS) is 1. The summed E-state index contributed by atoms with van der Waals surface area (Å²) in [6, 6.07) is 0. The Hall–Kier alpha value is -0.680. The van der Waals surface area contributed by atoms with Crippen molar-refractivity contribution >= 4 is 5.97 Å². The Morgan fingerprint density at radius 3 is 2.50 bits per heavy atom. The lowest BCUT2D eigenvalue weighted by atomic mass is 10.2. The van der Waals surface area contributed by atoms with E-state index in [4.69, 9.17) is 10.2 Å². The van der Waals surface area contributed by atoms with E-state index in [2.05, 4.69) is 5.73 Å². The Bertz CT molecular complexity index is 117. The van der Waals surface area contributed by atoms with Gasteiger partial charge in [-0.25, -0.2) is 4.39 Å². The predicted molar refractivity (Wildman–Crippen MR) is 32.0 cm³/mol. The highest BCUT2D eigenvalue weighted by molar-refractivity contribution is 5.66. The molecule has 0 spiro atoms. The number of alkyl halides is 1. The molecule has 0 fully saturated rings. The number of rotatable bonds is 4. The van der Waals surface area contributed by atoms with E-state index in [1.807, 2.05) is 0 Å². The number of hydrogen-bond donors (Lipinski definition) is 3. The number of nitrogens with two attached hydrogens (primary N) is 1. The summed E-state index contributed by atoms with van der Waals surface area (Å²) in [5, 5.41) is 16.7. The van der Waals surface area contributed by atoms with Crippen molar-refractivity contribution in [2.75, 3.05) is 0 Å². The molecule has 0 bridgehead atoms. The van der Waals surface area contributed by atoms with Crippen molar-refractivity contribution < 1.29 is 19.4 Å². The van der Waals surface area contributed by atoms with Crippen LogP contribution in [0.4, 0.5) is 4.39 Å². The van der Waals surface area contributed by atoms with E-state index >= 15 is 0 Å². The molecule has 4 nitrogen and oxygen atoms in total. The third kappa shape index (κ3) is 4.22. The summed E-state index contributed by atoms with van der Waals surface area (Å²) in [5.41, 5.74) is 4.61. The minimum atomic E-state index is -1.85. The molecule has 0 radical (unpaired) electrons. The maximum atomic E-state index is 11.9. The standard InChI is InChI=1S/C5H10FNO3/c6-5(7)3(8)1-2-4(9)10/h3,5,8H,1-2,7H2,(H,9,10). The molecule has 0 aromatic rings. The molecule has 0 aliphatic carbocycles. The first kappa shape index (κ1) is 9.32. The minimum absolute atomic E-state index is 0.146. The second-order valence-electron chi connectivity index (χ2n) is 1.94. The first-order chi connectivity index (χ1) is 4.54. The van der Waals surface area contributed by atoms with Crippen molar-refractivity contribution in [1.29, 1.82) is 0 Å². The Balaban J connectivity index is 3.39. The van der Waals surface area contributed by atoms with E-state index in [1.54, 1.807) is 0 Å². The second kappa shape index (κ2) is 4.19. The van der Waals surface area contributed by atoms with Gasteiger partial charge in [-0.2, -0.15) is 0 Å². The monoisotopic (exact) mass is 151 g/mol. The van der Waals surface area contributed by atoms with Crippen LogP contribution in [0.3, 0.4) is 0 Å². The molecule has 0 saturated carbocycles. The van der Waals surface area contributed by atoms with Gasteiger partial charge in [0, 0.05) is 6.42 Å². The van der Waals surface area contributed by atoms with Crippen molar-refractivity contribution in [2.24, 2.45) is 5.73 Å². The zero-order chi connectivity index (χ0) is 8.15. The third-order valence-electron chi connectivity index (χ3n) is 1.02. The molecular weight excluding hydrogens is 141 g/mol. The normalized spacial score (nSPS) is 16.3. The molecule has 0 heterocycles. The summed E-state index contributed by atoms with van der Waals surface area (Å²) >= 11 is 0. The van der Waals surface area contributed by atoms with Gasteiger partial charge in [0.1, 0.15) is 0 Å². The van der Waals surface area contributed by atoms with Crippen LogP contribution in [0.25, 0.3) is 0 Å². The molecule has 0 rings (SSSR count). The van der Waals surface area contributed by atoms with Gasteiger partial charge in [0.15, 0.2) is 6.30 Å². The van der Waals surface area contributed by atoms with Gasteiger partial charge in [-0.15, -0.1) is 0 Å². The molecule has 0 aliphatic heterocycles. The van der Waals surface area contributed by atoms with Crippen molar-refractivity contribution in [1.82, 2.24) is 0 Å². The van der Waals surface area contributed by atoms with Crippen LogP contribution in [0, 0.1) is 0 Å². The predicted octanol–water partition coefficient (Wildman–Crippen LogP) is -0.534. The maximum Gasteiger partial charge on any atom is 0.303 e. The summed E-state index contributed by atoms with van der Waals surface area (Å²) in [4.78, 5) is 9.85. The van der Waals surface area contributed by atoms with Gasteiger partial charge in [0.2, 0.25) is 0 Å². The second-order valence-corrected chi connectivity index (χ2v) is 1.94. The van der Waals surface area contributed by atoms with Crippen LogP contribution in [0.5, 0.6) is 0 Å². The molecule has 0 aromatic heterocycles. The average molecular weight is 151 g/mol. The maximum absolute atomic E-state index is 11.9. The van der Waals surface area contributed by atoms with E-state index in [0.717, 1.165) is 0 Å². The quantitative estimate of drug-likeness (QED) is 0.471. The highest BCUT2D eigenvalue weighted by Gasteiger charge is 2.13. The minimum Gasteiger partial charge on any atom is -0.481 e. The highest BCUT2D eigenvalue weighted by Crippen LogP contribution is 2.00. The lowest BCUT2D eigenvalue weighted by Gasteiger charge is -2.08. The lowest BCUT2D eigenvalue weighted by molar-refractivity contribution is -0.137. The Kier molecular flexibility index (Phi) is 3.90.